The lowest BCUT2D eigenvalue weighted by atomic mass is 9.99. The van der Waals surface area contributed by atoms with E-state index in [1.54, 1.807) is 6.20 Å². The number of nitrogens with zero attached hydrogens (tertiary/aromatic N) is 2. The molecule has 0 atom stereocenters. The van der Waals surface area contributed by atoms with E-state index in [-0.39, 0.29) is 5.91 Å². The Balaban J connectivity index is 1.31. The van der Waals surface area contributed by atoms with Crippen molar-refractivity contribution in [3.05, 3.63) is 42.4 Å². The monoisotopic (exact) mass is 355 g/mol. The molecule has 2 heterocycles. The number of hydrogen-bond donors (Lipinski definition) is 1. The highest BCUT2D eigenvalue weighted by atomic mass is 16.4. The molecule has 0 radical (unpaired) electrons. The van der Waals surface area contributed by atoms with Crippen LogP contribution in [0.15, 0.2) is 40.9 Å². The lowest BCUT2D eigenvalue weighted by Gasteiger charge is -2.30. The van der Waals surface area contributed by atoms with Gasteiger partial charge in [0.2, 0.25) is 5.91 Å². The fourth-order valence-corrected chi connectivity index (χ4v) is 3.29. The Hall–Kier alpha value is -2.14. The molecule has 140 valence electrons. The molecule has 2 aromatic rings. The normalized spacial score (nSPS) is 15.9. The van der Waals surface area contributed by atoms with E-state index < -0.39 is 0 Å². The molecule has 1 aliphatic rings. The third-order valence-corrected chi connectivity index (χ3v) is 5.03. The van der Waals surface area contributed by atoms with Gasteiger partial charge < -0.3 is 14.6 Å². The second kappa shape index (κ2) is 9.53. The molecule has 1 aromatic heterocycles. The maximum Gasteiger partial charge on any atom is 0.220 e. The third-order valence-electron chi connectivity index (χ3n) is 5.03. The van der Waals surface area contributed by atoms with Crippen LogP contribution in [0.25, 0.3) is 11.3 Å². The molecule has 1 aromatic carbocycles. The summed E-state index contributed by atoms with van der Waals surface area (Å²) in [5.41, 5.74) is 1.00. The standard InChI is InChI=1S/C21H29N3O2/c1-17-10-14-24(15-11-17)13-5-12-22-20(25)8-9-21-23-16-19(26-21)18-6-3-2-4-7-18/h2-4,6-7,16-17H,5,8-15H2,1H3,(H,22,25). The quantitative estimate of drug-likeness (QED) is 0.736. The molecular formula is C21H29N3O2. The molecule has 0 bridgehead atoms. The van der Waals surface area contributed by atoms with Crippen molar-refractivity contribution < 1.29 is 9.21 Å². The number of carbonyl (C=O) groups excluding carboxylic acids is 1. The molecular weight excluding hydrogens is 326 g/mol. The summed E-state index contributed by atoms with van der Waals surface area (Å²) in [6.45, 7) is 6.54. The minimum atomic E-state index is 0.0664. The molecule has 3 rings (SSSR count). The minimum Gasteiger partial charge on any atom is -0.441 e. The second-order valence-electron chi connectivity index (χ2n) is 7.21. The number of aryl methyl sites for hydroxylation is 1. The zero-order valence-corrected chi connectivity index (χ0v) is 15.6. The summed E-state index contributed by atoms with van der Waals surface area (Å²) in [5, 5.41) is 3.00. The summed E-state index contributed by atoms with van der Waals surface area (Å²) in [5.74, 6) is 2.29. The number of likely N-dealkylation sites (tertiary alicyclic amines) is 1. The van der Waals surface area contributed by atoms with Crippen LogP contribution < -0.4 is 5.32 Å². The van der Waals surface area contributed by atoms with Crippen molar-refractivity contribution in [2.75, 3.05) is 26.2 Å². The van der Waals surface area contributed by atoms with Crippen LogP contribution in [0.5, 0.6) is 0 Å². The number of amides is 1. The number of piperidine rings is 1. The number of oxazole rings is 1. The maximum absolute atomic E-state index is 12.0. The van der Waals surface area contributed by atoms with Crippen molar-refractivity contribution in [3.8, 4) is 11.3 Å². The molecule has 5 heteroatoms. The molecule has 26 heavy (non-hydrogen) atoms. The van der Waals surface area contributed by atoms with Gasteiger partial charge in [-0.1, -0.05) is 37.3 Å². The van der Waals surface area contributed by atoms with Crippen LogP contribution in [0.3, 0.4) is 0 Å². The smallest absolute Gasteiger partial charge is 0.220 e. The summed E-state index contributed by atoms with van der Waals surface area (Å²) >= 11 is 0. The van der Waals surface area contributed by atoms with E-state index in [1.807, 2.05) is 30.3 Å². The zero-order valence-electron chi connectivity index (χ0n) is 15.6. The van der Waals surface area contributed by atoms with Gasteiger partial charge >= 0.3 is 0 Å². The highest BCUT2D eigenvalue weighted by Gasteiger charge is 2.15. The lowest BCUT2D eigenvalue weighted by Crippen LogP contribution is -2.35. The molecule has 0 unspecified atom stereocenters. The van der Waals surface area contributed by atoms with Gasteiger partial charge in [-0.05, 0) is 44.8 Å². The predicted molar refractivity (Wildman–Crippen MR) is 103 cm³/mol. The summed E-state index contributed by atoms with van der Waals surface area (Å²) in [4.78, 5) is 18.8. The van der Waals surface area contributed by atoms with Crippen LogP contribution in [0.4, 0.5) is 0 Å². The first-order chi connectivity index (χ1) is 12.7. The van der Waals surface area contributed by atoms with Gasteiger partial charge in [0.15, 0.2) is 11.7 Å². The van der Waals surface area contributed by atoms with Crippen molar-refractivity contribution in [2.24, 2.45) is 5.92 Å². The van der Waals surface area contributed by atoms with Crippen molar-refractivity contribution in [1.82, 2.24) is 15.2 Å². The summed E-state index contributed by atoms with van der Waals surface area (Å²) in [6, 6.07) is 9.88. The first-order valence-corrected chi connectivity index (χ1v) is 9.70. The van der Waals surface area contributed by atoms with Crippen molar-refractivity contribution in [2.45, 2.75) is 39.0 Å². The number of carbonyl (C=O) groups is 1. The molecule has 1 fully saturated rings. The number of benzene rings is 1. The Morgan fingerprint density at radius 1 is 1.27 bits per heavy atom. The lowest BCUT2D eigenvalue weighted by molar-refractivity contribution is -0.121. The van der Waals surface area contributed by atoms with E-state index in [0.717, 1.165) is 36.8 Å². The molecule has 1 amide bonds. The number of nitrogens with one attached hydrogen (secondary N) is 1. The fraction of sp³-hybridized carbons (Fsp3) is 0.524. The zero-order chi connectivity index (χ0) is 18.2. The molecule has 0 spiro atoms. The van der Waals surface area contributed by atoms with E-state index in [4.69, 9.17) is 4.42 Å². The predicted octanol–water partition coefficient (Wildman–Crippen LogP) is 3.51. The molecule has 1 N–H and O–H groups in total. The van der Waals surface area contributed by atoms with Gasteiger partial charge in [0.25, 0.3) is 0 Å². The van der Waals surface area contributed by atoms with Crippen molar-refractivity contribution in [1.29, 1.82) is 0 Å². The highest BCUT2D eigenvalue weighted by molar-refractivity contribution is 5.76. The second-order valence-corrected chi connectivity index (χ2v) is 7.21. The number of aromatic nitrogens is 1. The van der Waals surface area contributed by atoms with Crippen LogP contribution in [0, 0.1) is 5.92 Å². The SMILES string of the molecule is CC1CCN(CCCNC(=O)CCc2ncc(-c3ccccc3)o2)CC1. The van der Waals surface area contributed by atoms with Crippen LogP contribution in [0.2, 0.25) is 0 Å². The Kier molecular flexibility index (Phi) is 6.83. The van der Waals surface area contributed by atoms with Gasteiger partial charge in [0.05, 0.1) is 6.20 Å². The van der Waals surface area contributed by atoms with E-state index >= 15 is 0 Å². The highest BCUT2D eigenvalue weighted by Crippen LogP contribution is 2.20. The molecule has 1 aliphatic heterocycles. The molecule has 0 aliphatic carbocycles. The van der Waals surface area contributed by atoms with Crippen LogP contribution in [-0.4, -0.2) is 42.0 Å². The van der Waals surface area contributed by atoms with Gasteiger partial charge in [0, 0.05) is 24.9 Å². The van der Waals surface area contributed by atoms with E-state index in [9.17, 15) is 4.79 Å². The first kappa shape index (κ1) is 18.6. The topological polar surface area (TPSA) is 58.4 Å². The Morgan fingerprint density at radius 3 is 2.81 bits per heavy atom. The summed E-state index contributed by atoms with van der Waals surface area (Å²) in [7, 11) is 0. The Bertz CT molecular complexity index is 676. The van der Waals surface area contributed by atoms with E-state index in [0.29, 0.717) is 18.7 Å². The van der Waals surface area contributed by atoms with Crippen molar-refractivity contribution in [3.63, 3.8) is 0 Å². The average Bonchev–Trinajstić information content (AvgIpc) is 3.15. The molecule has 0 saturated carbocycles. The fourth-order valence-electron chi connectivity index (χ4n) is 3.29. The van der Waals surface area contributed by atoms with Gasteiger partial charge in [-0.25, -0.2) is 4.98 Å². The summed E-state index contributed by atoms with van der Waals surface area (Å²) < 4.78 is 5.74. The van der Waals surface area contributed by atoms with Gasteiger partial charge in [-0.2, -0.15) is 0 Å². The van der Waals surface area contributed by atoms with Crippen LogP contribution >= 0.6 is 0 Å². The third kappa shape index (κ3) is 5.70. The summed E-state index contributed by atoms with van der Waals surface area (Å²) in [6.07, 6.45) is 6.28. The Labute approximate surface area is 155 Å². The number of hydrogen-bond acceptors (Lipinski definition) is 4. The van der Waals surface area contributed by atoms with Crippen LogP contribution in [-0.2, 0) is 11.2 Å². The number of rotatable bonds is 8. The molecule has 1 saturated heterocycles. The van der Waals surface area contributed by atoms with Gasteiger partial charge in [-0.3, -0.25) is 4.79 Å². The largest absolute Gasteiger partial charge is 0.441 e. The van der Waals surface area contributed by atoms with Gasteiger partial charge in [-0.15, -0.1) is 0 Å². The molecule has 5 nitrogen and oxygen atoms in total. The van der Waals surface area contributed by atoms with Crippen molar-refractivity contribution >= 4 is 5.91 Å². The minimum absolute atomic E-state index is 0.0664. The Morgan fingerprint density at radius 2 is 2.04 bits per heavy atom. The van der Waals surface area contributed by atoms with E-state index in [1.165, 1.54) is 25.9 Å². The van der Waals surface area contributed by atoms with Gasteiger partial charge in [0.1, 0.15) is 0 Å². The maximum atomic E-state index is 12.0. The first-order valence-electron chi connectivity index (χ1n) is 9.70. The average molecular weight is 355 g/mol. The van der Waals surface area contributed by atoms with E-state index in [2.05, 4.69) is 22.1 Å². The van der Waals surface area contributed by atoms with Crippen LogP contribution in [0.1, 0.15) is 38.5 Å².